The van der Waals surface area contributed by atoms with Crippen LogP contribution in [0.15, 0.2) is 157 Å². The van der Waals surface area contributed by atoms with Crippen LogP contribution < -0.4 is 0 Å². The molecule has 2 nitrogen and oxygen atoms in total. The Bertz CT molecular complexity index is 2740. The van der Waals surface area contributed by atoms with Crippen molar-refractivity contribution < 1.29 is 0 Å². The Labute approximate surface area is 263 Å². The van der Waals surface area contributed by atoms with E-state index in [4.69, 9.17) is 0 Å². The number of nitrogens with zero attached hydrogens (tertiary/aromatic N) is 2. The molecule has 0 saturated carbocycles. The average Bonchev–Trinajstić information content (AvgIpc) is 3.80. The van der Waals surface area contributed by atoms with Gasteiger partial charge in [0.25, 0.3) is 0 Å². The minimum Gasteiger partial charge on any atom is -0.317 e. The highest BCUT2D eigenvalue weighted by Crippen LogP contribution is 2.44. The summed E-state index contributed by atoms with van der Waals surface area (Å²) in [6.07, 6.45) is 2.19. The van der Waals surface area contributed by atoms with Crippen LogP contribution in [0.5, 0.6) is 0 Å². The Morgan fingerprint density at radius 3 is 1.96 bits per heavy atom. The molecule has 0 spiro atoms. The molecule has 45 heavy (non-hydrogen) atoms. The lowest BCUT2D eigenvalue weighted by atomic mass is 9.91. The van der Waals surface area contributed by atoms with Crippen molar-refractivity contribution >= 4 is 75.7 Å². The Hall–Kier alpha value is -5.64. The van der Waals surface area contributed by atoms with E-state index in [0.717, 1.165) is 0 Å². The largest absolute Gasteiger partial charge is 0.317 e. The zero-order valence-corrected chi connectivity index (χ0v) is 25.1. The average molecular weight is 591 g/mol. The lowest BCUT2D eigenvalue weighted by molar-refractivity contribution is 1.13. The Morgan fingerprint density at radius 2 is 1.11 bits per heavy atom. The van der Waals surface area contributed by atoms with Crippen molar-refractivity contribution in [3.05, 3.63) is 157 Å². The van der Waals surface area contributed by atoms with Gasteiger partial charge in [-0.25, -0.2) is 0 Å². The predicted molar refractivity (Wildman–Crippen MR) is 193 cm³/mol. The van der Waals surface area contributed by atoms with Gasteiger partial charge in [0.1, 0.15) is 0 Å². The Kier molecular flexibility index (Phi) is 5.19. The minimum atomic E-state index is 1.17. The van der Waals surface area contributed by atoms with E-state index in [9.17, 15) is 0 Å². The van der Waals surface area contributed by atoms with Gasteiger partial charge in [0.15, 0.2) is 0 Å². The van der Waals surface area contributed by atoms with Gasteiger partial charge in [0.05, 0.1) is 16.6 Å². The highest BCUT2D eigenvalue weighted by Gasteiger charge is 2.19. The van der Waals surface area contributed by atoms with Crippen molar-refractivity contribution in [1.29, 1.82) is 0 Å². The van der Waals surface area contributed by atoms with Crippen LogP contribution in [0.1, 0.15) is 0 Å². The van der Waals surface area contributed by atoms with Crippen molar-refractivity contribution in [2.24, 2.45) is 0 Å². The van der Waals surface area contributed by atoms with Gasteiger partial charge in [-0.15, -0.1) is 11.3 Å². The van der Waals surface area contributed by atoms with Crippen LogP contribution in [-0.2, 0) is 0 Å². The van der Waals surface area contributed by atoms with Crippen molar-refractivity contribution in [2.45, 2.75) is 0 Å². The lowest BCUT2D eigenvalue weighted by Crippen LogP contribution is -1.94. The van der Waals surface area contributed by atoms with Crippen LogP contribution in [0.3, 0.4) is 0 Å². The molecule has 3 aromatic heterocycles. The monoisotopic (exact) mass is 590 g/mol. The normalized spacial score (nSPS) is 12.0. The van der Waals surface area contributed by atoms with Crippen LogP contribution >= 0.6 is 11.3 Å². The van der Waals surface area contributed by atoms with Gasteiger partial charge in [-0.1, -0.05) is 72.8 Å². The van der Waals surface area contributed by atoms with E-state index >= 15 is 0 Å². The molecular formula is C42H26N2S. The van der Waals surface area contributed by atoms with Gasteiger partial charge < -0.3 is 9.13 Å². The highest BCUT2D eigenvalue weighted by molar-refractivity contribution is 7.17. The number of hydrogen-bond acceptors (Lipinski definition) is 1. The maximum Gasteiger partial charge on any atom is 0.0547 e. The fourth-order valence-corrected chi connectivity index (χ4v) is 8.29. The molecule has 10 aromatic rings. The first-order valence-electron chi connectivity index (χ1n) is 15.3. The van der Waals surface area contributed by atoms with E-state index in [1.54, 1.807) is 0 Å². The molecule has 0 fully saturated rings. The number of fused-ring (bicyclic) bond motifs is 8. The topological polar surface area (TPSA) is 9.86 Å². The summed E-state index contributed by atoms with van der Waals surface area (Å²) in [7, 11) is 0. The second-order valence-corrected chi connectivity index (χ2v) is 12.7. The first-order valence-corrected chi connectivity index (χ1v) is 16.2. The fraction of sp³-hybridized carbons (Fsp3) is 0. The SMILES string of the molecule is c1ccc(-n2ccc3cc4cc(-c5csc6ccccc56)c5cc6c7ccccc7n(-c7ccccc7)c6cc5c4cc32)cc1. The van der Waals surface area contributed by atoms with Gasteiger partial charge in [0, 0.05) is 49.4 Å². The predicted octanol–water partition coefficient (Wildman–Crippen LogP) is 11.9. The van der Waals surface area contributed by atoms with Crippen LogP contribution in [-0.4, -0.2) is 9.13 Å². The first-order chi connectivity index (χ1) is 22.3. The smallest absolute Gasteiger partial charge is 0.0547 e. The maximum atomic E-state index is 2.45. The van der Waals surface area contributed by atoms with Crippen LogP contribution in [0.25, 0.3) is 86.8 Å². The Balaban J connectivity index is 1.39. The number of para-hydroxylation sites is 3. The summed E-state index contributed by atoms with van der Waals surface area (Å²) in [6, 6.07) is 53.3. The number of rotatable bonds is 3. The number of benzene rings is 7. The molecule has 0 radical (unpaired) electrons. The summed E-state index contributed by atoms with van der Waals surface area (Å²) in [4.78, 5) is 0. The molecule has 10 rings (SSSR count). The number of hydrogen-bond donors (Lipinski definition) is 0. The third-order valence-electron chi connectivity index (χ3n) is 9.37. The molecule has 0 saturated heterocycles. The molecule has 0 aliphatic carbocycles. The molecule has 210 valence electrons. The van der Waals surface area contributed by atoms with Crippen molar-refractivity contribution in [2.75, 3.05) is 0 Å². The van der Waals surface area contributed by atoms with E-state index in [1.165, 1.54) is 86.8 Å². The molecule has 3 heterocycles. The molecule has 0 bridgehead atoms. The summed E-state index contributed by atoms with van der Waals surface area (Å²) in [6.45, 7) is 0. The van der Waals surface area contributed by atoms with Crippen molar-refractivity contribution in [1.82, 2.24) is 9.13 Å². The first kappa shape index (κ1) is 24.8. The second-order valence-electron chi connectivity index (χ2n) is 11.8. The van der Waals surface area contributed by atoms with Gasteiger partial charge in [-0.05, 0) is 105 Å². The quantitative estimate of drug-likeness (QED) is 0.181. The minimum absolute atomic E-state index is 1.17. The summed E-state index contributed by atoms with van der Waals surface area (Å²) in [5.74, 6) is 0. The van der Waals surface area contributed by atoms with Gasteiger partial charge in [-0.3, -0.25) is 0 Å². The lowest BCUT2D eigenvalue weighted by Gasteiger charge is -2.14. The summed E-state index contributed by atoms with van der Waals surface area (Å²) in [5, 5.41) is 12.5. The summed E-state index contributed by atoms with van der Waals surface area (Å²) in [5.41, 5.74) is 8.60. The summed E-state index contributed by atoms with van der Waals surface area (Å²) >= 11 is 1.83. The van der Waals surface area contributed by atoms with E-state index in [0.29, 0.717) is 0 Å². The van der Waals surface area contributed by atoms with E-state index < -0.39 is 0 Å². The molecule has 0 atom stereocenters. The number of aromatic nitrogens is 2. The van der Waals surface area contributed by atoms with Gasteiger partial charge >= 0.3 is 0 Å². The maximum absolute atomic E-state index is 2.45. The van der Waals surface area contributed by atoms with Gasteiger partial charge in [-0.2, -0.15) is 0 Å². The van der Waals surface area contributed by atoms with Crippen molar-refractivity contribution in [3.63, 3.8) is 0 Å². The van der Waals surface area contributed by atoms with E-state index in [2.05, 4.69) is 166 Å². The van der Waals surface area contributed by atoms with Crippen LogP contribution in [0.4, 0.5) is 0 Å². The van der Waals surface area contributed by atoms with Crippen LogP contribution in [0.2, 0.25) is 0 Å². The zero-order valence-electron chi connectivity index (χ0n) is 24.3. The molecule has 0 unspecified atom stereocenters. The van der Waals surface area contributed by atoms with E-state index in [1.807, 2.05) is 11.3 Å². The molecule has 3 heteroatoms. The molecule has 0 aliphatic heterocycles. The van der Waals surface area contributed by atoms with Gasteiger partial charge in [0.2, 0.25) is 0 Å². The van der Waals surface area contributed by atoms with E-state index in [-0.39, 0.29) is 0 Å². The molecular weight excluding hydrogens is 565 g/mol. The second kappa shape index (κ2) is 9.43. The Morgan fingerprint density at radius 1 is 0.400 bits per heavy atom. The third kappa shape index (κ3) is 3.62. The third-order valence-corrected chi connectivity index (χ3v) is 10.3. The molecule has 7 aromatic carbocycles. The number of thiophene rings is 1. The van der Waals surface area contributed by atoms with Crippen molar-refractivity contribution in [3.8, 4) is 22.5 Å². The molecule has 0 amide bonds. The fourth-order valence-electron chi connectivity index (χ4n) is 7.32. The zero-order chi connectivity index (χ0) is 29.5. The molecule has 0 N–H and O–H groups in total. The molecule has 0 aliphatic rings. The van der Waals surface area contributed by atoms with Crippen LogP contribution in [0, 0.1) is 0 Å². The highest BCUT2D eigenvalue weighted by atomic mass is 32.1. The summed E-state index contributed by atoms with van der Waals surface area (Å²) < 4.78 is 6.05. The standard InChI is InChI=1S/C42H26N2S/c1-3-11-29(12-4-1)43-20-19-27-21-28-22-34(38-26-45-42-18-10-8-16-32(38)42)35-23-37-31-15-7-9-17-39(31)44(30-13-5-2-6-14-30)41(37)25-36(35)33(28)24-40(27)43/h1-26H.